The molecule has 3 aliphatic rings. The predicted molar refractivity (Wildman–Crippen MR) is 54.3 cm³/mol. The number of hydrogen-bond acceptors (Lipinski definition) is 3. The monoisotopic (exact) mass is 210 g/mol. The summed E-state index contributed by atoms with van der Waals surface area (Å²) in [5.41, 5.74) is -0.116. The molecule has 0 bridgehead atoms. The van der Waals surface area contributed by atoms with Gasteiger partial charge in [0.25, 0.3) is 0 Å². The van der Waals surface area contributed by atoms with E-state index in [2.05, 4.69) is 6.92 Å². The molecule has 0 N–H and O–H groups in total. The Balaban J connectivity index is 1.85. The van der Waals surface area contributed by atoms with Crippen LogP contribution in [0, 0.1) is 11.8 Å². The van der Waals surface area contributed by atoms with Crippen LogP contribution >= 0.6 is 0 Å². The number of cyclic esters (lactones) is 1. The molecule has 1 aliphatic heterocycles. The highest BCUT2D eigenvalue weighted by atomic mass is 16.6. The maximum atomic E-state index is 11.8. The number of ether oxygens (including phenoxy) is 2. The minimum Gasteiger partial charge on any atom is -0.465 e. The SMILES string of the molecule is C[C@H]1CCOC(=O)C2[C@@H]3CCCC[C@]23O1. The summed E-state index contributed by atoms with van der Waals surface area (Å²) in [6.07, 6.45) is 5.73. The lowest BCUT2D eigenvalue weighted by Crippen LogP contribution is -2.32. The van der Waals surface area contributed by atoms with Crippen molar-refractivity contribution >= 4 is 5.97 Å². The first-order valence-corrected chi connectivity index (χ1v) is 6.08. The Morgan fingerprint density at radius 2 is 2.20 bits per heavy atom. The lowest BCUT2D eigenvalue weighted by Gasteiger charge is -2.28. The van der Waals surface area contributed by atoms with Crippen LogP contribution < -0.4 is 0 Å². The van der Waals surface area contributed by atoms with Crippen molar-refractivity contribution in [2.45, 2.75) is 50.7 Å². The average molecular weight is 210 g/mol. The van der Waals surface area contributed by atoms with Crippen molar-refractivity contribution in [3.8, 4) is 0 Å². The van der Waals surface area contributed by atoms with Crippen molar-refractivity contribution in [1.29, 1.82) is 0 Å². The second kappa shape index (κ2) is 3.21. The molecule has 3 nitrogen and oxygen atoms in total. The van der Waals surface area contributed by atoms with Gasteiger partial charge >= 0.3 is 5.97 Å². The topological polar surface area (TPSA) is 35.5 Å². The van der Waals surface area contributed by atoms with Crippen LogP contribution in [0.25, 0.3) is 0 Å². The number of carbonyl (C=O) groups is 1. The summed E-state index contributed by atoms with van der Waals surface area (Å²) in [4.78, 5) is 11.8. The van der Waals surface area contributed by atoms with Crippen molar-refractivity contribution in [2.75, 3.05) is 6.61 Å². The molecule has 0 aromatic heterocycles. The second-order valence-corrected chi connectivity index (χ2v) is 5.17. The van der Waals surface area contributed by atoms with Gasteiger partial charge in [-0.1, -0.05) is 12.8 Å². The first kappa shape index (κ1) is 9.64. The molecule has 3 fully saturated rings. The maximum absolute atomic E-state index is 11.8. The summed E-state index contributed by atoms with van der Waals surface area (Å²) in [6.45, 7) is 2.62. The summed E-state index contributed by atoms with van der Waals surface area (Å²) >= 11 is 0. The quantitative estimate of drug-likeness (QED) is 0.573. The van der Waals surface area contributed by atoms with Crippen molar-refractivity contribution in [1.82, 2.24) is 0 Å². The Labute approximate surface area is 90.1 Å². The zero-order valence-corrected chi connectivity index (χ0v) is 9.20. The third kappa shape index (κ3) is 1.32. The zero-order valence-electron chi connectivity index (χ0n) is 9.20. The zero-order chi connectivity index (χ0) is 10.5. The first-order valence-electron chi connectivity index (χ1n) is 6.08. The molecule has 2 aliphatic carbocycles. The van der Waals surface area contributed by atoms with Gasteiger partial charge in [0.15, 0.2) is 0 Å². The van der Waals surface area contributed by atoms with Gasteiger partial charge < -0.3 is 9.47 Å². The molecule has 84 valence electrons. The number of esters is 1. The van der Waals surface area contributed by atoms with Gasteiger partial charge in [-0.2, -0.15) is 0 Å². The van der Waals surface area contributed by atoms with E-state index in [1.165, 1.54) is 12.8 Å². The molecule has 4 atom stereocenters. The summed E-state index contributed by atoms with van der Waals surface area (Å²) in [5.74, 6) is 0.510. The van der Waals surface area contributed by atoms with E-state index in [9.17, 15) is 4.79 Å². The Bertz CT molecular complexity index is 289. The normalized spacial score (nSPS) is 49.4. The third-order valence-electron chi connectivity index (χ3n) is 4.22. The van der Waals surface area contributed by atoms with Crippen LogP contribution in [0.4, 0.5) is 0 Å². The standard InChI is InChI=1S/C12H18O3/c1-8-5-7-14-11(13)10-9-4-2-3-6-12(9,10)15-8/h8-10H,2-7H2,1H3/t8-,9-,10?,12+/m0/s1. The van der Waals surface area contributed by atoms with Gasteiger partial charge in [0, 0.05) is 12.3 Å². The maximum Gasteiger partial charge on any atom is 0.312 e. The van der Waals surface area contributed by atoms with Crippen LogP contribution in [0.3, 0.4) is 0 Å². The molecular weight excluding hydrogens is 192 g/mol. The van der Waals surface area contributed by atoms with E-state index in [0.717, 1.165) is 19.3 Å². The molecule has 0 aromatic rings. The smallest absolute Gasteiger partial charge is 0.312 e. The number of carbonyl (C=O) groups excluding carboxylic acids is 1. The Kier molecular flexibility index (Phi) is 2.06. The van der Waals surface area contributed by atoms with E-state index in [1.807, 2.05) is 0 Å². The molecule has 1 heterocycles. The lowest BCUT2D eigenvalue weighted by atomic mass is 9.97. The lowest BCUT2D eigenvalue weighted by molar-refractivity contribution is -0.154. The number of rotatable bonds is 0. The molecule has 15 heavy (non-hydrogen) atoms. The highest BCUT2D eigenvalue weighted by Gasteiger charge is 2.71. The molecule has 1 saturated heterocycles. The highest BCUT2D eigenvalue weighted by Crippen LogP contribution is 2.62. The highest BCUT2D eigenvalue weighted by molar-refractivity contribution is 5.79. The molecular formula is C12H18O3. The van der Waals surface area contributed by atoms with Gasteiger partial charge in [0.05, 0.1) is 24.2 Å². The van der Waals surface area contributed by atoms with E-state index in [4.69, 9.17) is 9.47 Å². The van der Waals surface area contributed by atoms with E-state index >= 15 is 0 Å². The van der Waals surface area contributed by atoms with Gasteiger partial charge in [-0.05, 0) is 19.8 Å². The Hall–Kier alpha value is -0.570. The van der Waals surface area contributed by atoms with Crippen molar-refractivity contribution in [2.24, 2.45) is 11.8 Å². The van der Waals surface area contributed by atoms with E-state index in [1.54, 1.807) is 0 Å². The van der Waals surface area contributed by atoms with Crippen LogP contribution in [0.15, 0.2) is 0 Å². The molecule has 1 unspecified atom stereocenters. The number of hydrogen-bond donors (Lipinski definition) is 0. The van der Waals surface area contributed by atoms with Crippen molar-refractivity contribution < 1.29 is 14.3 Å². The Morgan fingerprint density at radius 3 is 3.07 bits per heavy atom. The van der Waals surface area contributed by atoms with Crippen LogP contribution in [-0.4, -0.2) is 24.3 Å². The van der Waals surface area contributed by atoms with Gasteiger partial charge in [-0.15, -0.1) is 0 Å². The van der Waals surface area contributed by atoms with Crippen LogP contribution in [0.2, 0.25) is 0 Å². The molecule has 0 radical (unpaired) electrons. The largest absolute Gasteiger partial charge is 0.465 e. The summed E-state index contributed by atoms with van der Waals surface area (Å²) < 4.78 is 11.4. The van der Waals surface area contributed by atoms with Gasteiger partial charge in [0.1, 0.15) is 0 Å². The molecule has 2 saturated carbocycles. The van der Waals surface area contributed by atoms with E-state index in [-0.39, 0.29) is 23.6 Å². The summed E-state index contributed by atoms with van der Waals surface area (Å²) in [7, 11) is 0. The predicted octanol–water partition coefficient (Wildman–Crippen LogP) is 1.90. The fourth-order valence-electron chi connectivity index (χ4n) is 3.44. The van der Waals surface area contributed by atoms with Crippen molar-refractivity contribution in [3.05, 3.63) is 0 Å². The fourth-order valence-corrected chi connectivity index (χ4v) is 3.44. The average Bonchev–Trinajstić information content (AvgIpc) is 2.83. The summed E-state index contributed by atoms with van der Waals surface area (Å²) in [6, 6.07) is 0. The molecule has 3 rings (SSSR count). The molecule has 3 heteroatoms. The third-order valence-corrected chi connectivity index (χ3v) is 4.22. The van der Waals surface area contributed by atoms with Crippen molar-refractivity contribution in [3.63, 3.8) is 0 Å². The summed E-state index contributed by atoms with van der Waals surface area (Å²) in [5, 5.41) is 0. The Morgan fingerprint density at radius 1 is 1.33 bits per heavy atom. The second-order valence-electron chi connectivity index (χ2n) is 5.17. The fraction of sp³-hybridized carbons (Fsp3) is 0.917. The van der Waals surface area contributed by atoms with E-state index < -0.39 is 0 Å². The van der Waals surface area contributed by atoms with E-state index in [0.29, 0.717) is 12.5 Å². The van der Waals surface area contributed by atoms with Gasteiger partial charge in [0.2, 0.25) is 0 Å². The van der Waals surface area contributed by atoms with Crippen LogP contribution in [0.1, 0.15) is 39.0 Å². The van der Waals surface area contributed by atoms with Gasteiger partial charge in [-0.25, -0.2) is 0 Å². The molecule has 1 spiro atoms. The van der Waals surface area contributed by atoms with Crippen LogP contribution in [-0.2, 0) is 14.3 Å². The van der Waals surface area contributed by atoms with Gasteiger partial charge in [-0.3, -0.25) is 4.79 Å². The molecule has 0 aromatic carbocycles. The number of fused-ring (bicyclic) bond motifs is 1. The van der Waals surface area contributed by atoms with Crippen LogP contribution in [0.5, 0.6) is 0 Å². The first-order chi connectivity index (χ1) is 7.24. The minimum absolute atomic E-state index is 0.00574. The minimum atomic E-state index is -0.116. The molecule has 0 amide bonds.